The summed E-state index contributed by atoms with van der Waals surface area (Å²) in [6.07, 6.45) is 5.63. The molecule has 1 saturated carbocycles. The van der Waals surface area contributed by atoms with E-state index in [1.165, 1.54) is 5.56 Å². The van der Waals surface area contributed by atoms with E-state index < -0.39 is 11.4 Å². The number of carboxylic acid groups (broad SMARTS) is 1. The Bertz CT molecular complexity index is 630. The van der Waals surface area contributed by atoms with E-state index in [1.54, 1.807) is 13.8 Å². The highest BCUT2D eigenvalue weighted by Gasteiger charge is 2.45. The van der Waals surface area contributed by atoms with Gasteiger partial charge in [-0.2, -0.15) is 0 Å². The third-order valence-corrected chi connectivity index (χ3v) is 6.31. The van der Waals surface area contributed by atoms with E-state index in [1.807, 2.05) is 4.90 Å². The first-order chi connectivity index (χ1) is 11.8. The van der Waals surface area contributed by atoms with Gasteiger partial charge in [-0.05, 0) is 62.8 Å². The van der Waals surface area contributed by atoms with E-state index in [0.29, 0.717) is 25.3 Å². The van der Waals surface area contributed by atoms with Crippen LogP contribution >= 0.6 is 0 Å². The summed E-state index contributed by atoms with van der Waals surface area (Å²) in [6, 6.07) is 10.7. The van der Waals surface area contributed by atoms with Crippen LogP contribution in [0.2, 0.25) is 0 Å². The Morgan fingerprint density at radius 2 is 1.88 bits per heavy atom. The number of carbonyl (C=O) groups excluding carboxylic acids is 1. The third kappa shape index (κ3) is 3.88. The van der Waals surface area contributed by atoms with E-state index in [4.69, 9.17) is 0 Å². The molecule has 1 aliphatic carbocycles. The number of aliphatic carboxylic acids is 1. The Labute approximate surface area is 150 Å². The van der Waals surface area contributed by atoms with E-state index in [2.05, 4.69) is 30.3 Å². The zero-order valence-corrected chi connectivity index (χ0v) is 15.3. The van der Waals surface area contributed by atoms with E-state index in [0.717, 1.165) is 32.2 Å². The molecule has 0 radical (unpaired) electrons. The van der Waals surface area contributed by atoms with E-state index in [9.17, 15) is 14.7 Å². The lowest BCUT2D eigenvalue weighted by Crippen LogP contribution is -2.35. The number of carboxylic acids is 1. The first kappa shape index (κ1) is 18.0. The van der Waals surface area contributed by atoms with Crippen molar-refractivity contribution >= 4 is 11.9 Å². The molecule has 1 aromatic rings. The first-order valence-corrected chi connectivity index (χ1v) is 9.38. The summed E-state index contributed by atoms with van der Waals surface area (Å²) in [7, 11) is 0. The van der Waals surface area contributed by atoms with Crippen molar-refractivity contribution in [3.8, 4) is 0 Å². The lowest BCUT2D eigenvalue weighted by molar-refractivity contribution is -0.148. The molecule has 1 N–H and O–H groups in total. The van der Waals surface area contributed by atoms with Gasteiger partial charge < -0.3 is 10.0 Å². The van der Waals surface area contributed by atoms with Gasteiger partial charge in [0.15, 0.2) is 0 Å². The minimum atomic E-state index is -0.794. The molecule has 1 aliphatic heterocycles. The minimum Gasteiger partial charge on any atom is -0.481 e. The Morgan fingerprint density at radius 3 is 2.48 bits per heavy atom. The van der Waals surface area contributed by atoms with Gasteiger partial charge in [-0.15, -0.1) is 0 Å². The monoisotopic (exact) mass is 343 g/mol. The average molecular weight is 343 g/mol. The van der Waals surface area contributed by atoms with Gasteiger partial charge in [0, 0.05) is 19.5 Å². The molecule has 1 spiro atoms. The highest BCUT2D eigenvalue weighted by molar-refractivity contribution is 5.79. The molecule has 4 nitrogen and oxygen atoms in total. The molecule has 136 valence electrons. The molecular weight excluding hydrogens is 314 g/mol. The predicted molar refractivity (Wildman–Crippen MR) is 97.3 cm³/mol. The molecule has 2 fully saturated rings. The van der Waals surface area contributed by atoms with Crippen LogP contribution in [0.25, 0.3) is 0 Å². The van der Waals surface area contributed by atoms with Crippen molar-refractivity contribution in [2.24, 2.45) is 10.8 Å². The second-order valence-corrected chi connectivity index (χ2v) is 8.62. The molecule has 0 atom stereocenters. The summed E-state index contributed by atoms with van der Waals surface area (Å²) in [6.45, 7) is 4.83. The molecule has 4 heteroatoms. The maximum absolute atomic E-state index is 12.5. The van der Waals surface area contributed by atoms with Crippen molar-refractivity contribution in [2.45, 2.75) is 58.3 Å². The number of hydrogen-bond donors (Lipinski definition) is 1. The first-order valence-electron chi connectivity index (χ1n) is 9.38. The van der Waals surface area contributed by atoms with Crippen molar-refractivity contribution in [3.05, 3.63) is 35.9 Å². The average Bonchev–Trinajstić information content (AvgIpc) is 2.90. The van der Waals surface area contributed by atoms with Gasteiger partial charge in [0.2, 0.25) is 5.91 Å². The molecule has 0 bridgehead atoms. The van der Waals surface area contributed by atoms with Crippen molar-refractivity contribution in [2.75, 3.05) is 13.1 Å². The Morgan fingerprint density at radius 1 is 1.24 bits per heavy atom. The van der Waals surface area contributed by atoms with Crippen molar-refractivity contribution in [1.29, 1.82) is 0 Å². The summed E-state index contributed by atoms with van der Waals surface area (Å²) in [5, 5.41) is 9.26. The second-order valence-electron chi connectivity index (χ2n) is 8.62. The van der Waals surface area contributed by atoms with Gasteiger partial charge in [-0.25, -0.2) is 0 Å². The Kier molecular flexibility index (Phi) is 4.90. The van der Waals surface area contributed by atoms with Crippen LogP contribution in [-0.2, 0) is 9.59 Å². The molecular formula is C21H29NO3. The van der Waals surface area contributed by atoms with Crippen molar-refractivity contribution < 1.29 is 14.7 Å². The van der Waals surface area contributed by atoms with Gasteiger partial charge in [0.25, 0.3) is 0 Å². The number of likely N-dealkylation sites (tertiary alicyclic amines) is 1. The standard InChI is InChI=1S/C21H29NO3/c1-20(2,19(24)25)12-13-22-15-21(14-18(22)23)10-8-17(9-11-21)16-6-4-3-5-7-16/h3-7,17H,8-15H2,1-2H3,(H,24,25). The number of hydrogen-bond acceptors (Lipinski definition) is 2. The summed E-state index contributed by atoms with van der Waals surface area (Å²) in [4.78, 5) is 25.6. The summed E-state index contributed by atoms with van der Waals surface area (Å²) in [5.41, 5.74) is 0.762. The van der Waals surface area contributed by atoms with Crippen LogP contribution in [0.4, 0.5) is 0 Å². The van der Waals surface area contributed by atoms with Crippen LogP contribution in [0, 0.1) is 10.8 Å². The van der Waals surface area contributed by atoms with E-state index in [-0.39, 0.29) is 11.3 Å². The molecule has 0 aromatic heterocycles. The largest absolute Gasteiger partial charge is 0.481 e. The molecule has 0 unspecified atom stereocenters. The smallest absolute Gasteiger partial charge is 0.309 e. The molecule has 1 amide bonds. The van der Waals surface area contributed by atoms with Gasteiger partial charge in [-0.3, -0.25) is 9.59 Å². The molecule has 1 heterocycles. The number of benzene rings is 1. The lowest BCUT2D eigenvalue weighted by atomic mass is 9.68. The molecule has 3 rings (SSSR count). The SMILES string of the molecule is CC(C)(CCN1CC2(CCC(c3ccccc3)CC2)CC1=O)C(=O)O. The maximum Gasteiger partial charge on any atom is 0.309 e. The maximum atomic E-state index is 12.5. The summed E-state index contributed by atoms with van der Waals surface area (Å²) < 4.78 is 0. The normalized spacial score (nSPS) is 27.0. The highest BCUT2D eigenvalue weighted by atomic mass is 16.4. The molecule has 1 saturated heterocycles. The van der Waals surface area contributed by atoms with Crippen LogP contribution in [0.3, 0.4) is 0 Å². The van der Waals surface area contributed by atoms with Crippen LogP contribution < -0.4 is 0 Å². The van der Waals surface area contributed by atoms with Crippen LogP contribution in [0.5, 0.6) is 0 Å². The van der Waals surface area contributed by atoms with Crippen LogP contribution in [0.15, 0.2) is 30.3 Å². The number of carbonyl (C=O) groups is 2. The number of nitrogens with zero attached hydrogens (tertiary/aromatic N) is 1. The zero-order valence-electron chi connectivity index (χ0n) is 15.3. The summed E-state index contributed by atoms with van der Waals surface area (Å²) in [5.74, 6) is 0.0264. The fourth-order valence-corrected chi connectivity index (χ4v) is 4.33. The number of rotatable bonds is 5. The molecule has 25 heavy (non-hydrogen) atoms. The van der Waals surface area contributed by atoms with Gasteiger partial charge in [0.1, 0.15) is 0 Å². The topological polar surface area (TPSA) is 57.6 Å². The lowest BCUT2D eigenvalue weighted by Gasteiger charge is -2.37. The fourth-order valence-electron chi connectivity index (χ4n) is 4.33. The predicted octanol–water partition coefficient (Wildman–Crippen LogP) is 4.06. The van der Waals surface area contributed by atoms with Crippen molar-refractivity contribution in [3.63, 3.8) is 0 Å². The van der Waals surface area contributed by atoms with Gasteiger partial charge in [0.05, 0.1) is 5.41 Å². The third-order valence-electron chi connectivity index (χ3n) is 6.31. The highest BCUT2D eigenvalue weighted by Crippen LogP contribution is 2.48. The Balaban J connectivity index is 1.57. The quantitative estimate of drug-likeness (QED) is 0.877. The van der Waals surface area contributed by atoms with Gasteiger partial charge >= 0.3 is 5.97 Å². The second kappa shape index (κ2) is 6.81. The Hall–Kier alpha value is -1.84. The van der Waals surface area contributed by atoms with Crippen molar-refractivity contribution in [1.82, 2.24) is 4.90 Å². The van der Waals surface area contributed by atoms with E-state index >= 15 is 0 Å². The van der Waals surface area contributed by atoms with Crippen LogP contribution in [0.1, 0.15) is 63.9 Å². The van der Waals surface area contributed by atoms with Gasteiger partial charge in [-0.1, -0.05) is 30.3 Å². The van der Waals surface area contributed by atoms with Crippen LogP contribution in [-0.4, -0.2) is 35.0 Å². The molecule has 2 aliphatic rings. The summed E-state index contributed by atoms with van der Waals surface area (Å²) >= 11 is 0. The minimum absolute atomic E-state index is 0.121. The molecule has 1 aromatic carbocycles. The zero-order chi connectivity index (χ0) is 18.1. The fraction of sp³-hybridized carbons (Fsp3) is 0.619. The number of amides is 1.